The van der Waals surface area contributed by atoms with Crippen LogP contribution in [0.3, 0.4) is 0 Å². The zero-order valence-corrected chi connectivity index (χ0v) is 27.1. The zero-order valence-electron chi connectivity index (χ0n) is 27.1. The van der Waals surface area contributed by atoms with Crippen molar-refractivity contribution in [3.8, 4) is 0 Å². The van der Waals surface area contributed by atoms with Crippen molar-refractivity contribution in [3.05, 3.63) is 11.8 Å². The summed E-state index contributed by atoms with van der Waals surface area (Å²) in [5.41, 5.74) is -2.15. The molecular formula is C30H53N3O11. The minimum atomic E-state index is -1.62. The molecule has 12 unspecified atom stereocenters. The second kappa shape index (κ2) is 15.0. The fourth-order valence-corrected chi connectivity index (χ4v) is 5.83. The highest BCUT2D eigenvalue weighted by Crippen LogP contribution is 2.36. The first-order valence-corrected chi connectivity index (χ1v) is 15.5. The van der Waals surface area contributed by atoms with Crippen LogP contribution in [0.5, 0.6) is 0 Å². The van der Waals surface area contributed by atoms with Crippen LogP contribution in [0.25, 0.3) is 0 Å². The normalized spacial score (nSPS) is 38.6. The lowest BCUT2D eigenvalue weighted by molar-refractivity contribution is -0.307. The fourth-order valence-electron chi connectivity index (χ4n) is 5.83. The molecule has 0 bridgehead atoms. The monoisotopic (exact) mass is 631 g/mol. The summed E-state index contributed by atoms with van der Waals surface area (Å²) in [6.45, 7) is 11.9. The SMILES string of the molecule is CCC1=CCC(C)C(OC2C(C)CC(NC(=O)C(O)CNC(=O)OC(C)(C)C)C(OC3OCC(C)(O)C(NC)C3O)C2O)O1. The number of carbonyl (C=O) groups excluding carboxylic acids is 2. The van der Waals surface area contributed by atoms with E-state index in [2.05, 4.69) is 16.0 Å². The van der Waals surface area contributed by atoms with Crippen molar-refractivity contribution >= 4 is 12.0 Å². The summed E-state index contributed by atoms with van der Waals surface area (Å²) in [6.07, 6.45) is -5.06. The third kappa shape index (κ3) is 9.25. The van der Waals surface area contributed by atoms with Crippen LogP contribution in [0, 0.1) is 11.8 Å². The van der Waals surface area contributed by atoms with Crippen LogP contribution >= 0.6 is 0 Å². The molecule has 1 saturated carbocycles. The Balaban J connectivity index is 1.78. The van der Waals surface area contributed by atoms with Gasteiger partial charge in [-0.1, -0.05) is 20.8 Å². The molecule has 2 heterocycles. The number of hydrogen-bond acceptors (Lipinski definition) is 12. The first-order valence-electron chi connectivity index (χ1n) is 15.5. The number of hydrogen-bond donors (Lipinski definition) is 7. The molecule has 2 amide bonds. The van der Waals surface area contributed by atoms with E-state index in [0.717, 1.165) is 12.2 Å². The van der Waals surface area contributed by atoms with Crippen molar-refractivity contribution in [1.29, 1.82) is 0 Å². The molecule has 1 aliphatic carbocycles. The second-order valence-corrected chi connectivity index (χ2v) is 13.4. The van der Waals surface area contributed by atoms with Crippen LogP contribution in [0.15, 0.2) is 11.8 Å². The Bertz CT molecular complexity index is 1000. The molecule has 12 atom stereocenters. The van der Waals surface area contributed by atoms with Crippen molar-refractivity contribution < 1.29 is 53.7 Å². The fraction of sp³-hybridized carbons (Fsp3) is 0.867. The Morgan fingerprint density at radius 1 is 1.11 bits per heavy atom. The molecule has 2 aliphatic heterocycles. The summed E-state index contributed by atoms with van der Waals surface area (Å²) >= 11 is 0. The van der Waals surface area contributed by atoms with Gasteiger partial charge >= 0.3 is 6.09 Å². The Labute approximate surface area is 259 Å². The van der Waals surface area contributed by atoms with Gasteiger partial charge in [-0.25, -0.2) is 4.79 Å². The zero-order chi connectivity index (χ0) is 33.0. The number of carbonyl (C=O) groups is 2. The Morgan fingerprint density at radius 3 is 2.39 bits per heavy atom. The molecule has 2 fully saturated rings. The van der Waals surface area contributed by atoms with Gasteiger partial charge in [0.1, 0.15) is 35.6 Å². The predicted molar refractivity (Wildman–Crippen MR) is 158 cm³/mol. The standard InChI is InChI=1S/C30H53N3O11/c1-9-17-11-10-15(2)26(41-17)42-22-16(3)12-18(33-25(37)19(34)13-32-28(38)44-29(4,5)6)23(20(22)35)43-27-21(36)24(31-8)30(7,39)14-40-27/h11,15-16,18-24,26-27,31,34-36,39H,9-10,12-14H2,1-8H3,(H,32,38)(H,33,37). The lowest BCUT2D eigenvalue weighted by atomic mass is 9.79. The highest BCUT2D eigenvalue weighted by atomic mass is 16.7. The number of amides is 2. The summed E-state index contributed by atoms with van der Waals surface area (Å²) < 4.78 is 29.4. The van der Waals surface area contributed by atoms with Gasteiger partial charge in [-0.05, 0) is 59.6 Å². The van der Waals surface area contributed by atoms with Crippen LogP contribution in [0.2, 0.25) is 0 Å². The lowest BCUT2D eigenvalue weighted by Crippen LogP contribution is -2.68. The molecule has 14 nitrogen and oxygen atoms in total. The third-order valence-electron chi connectivity index (χ3n) is 8.25. The molecule has 3 aliphatic rings. The van der Waals surface area contributed by atoms with Gasteiger partial charge in [0.15, 0.2) is 6.29 Å². The molecule has 0 spiro atoms. The highest BCUT2D eigenvalue weighted by Gasteiger charge is 2.51. The van der Waals surface area contributed by atoms with Crippen molar-refractivity contribution in [2.75, 3.05) is 20.2 Å². The summed E-state index contributed by atoms with van der Waals surface area (Å²) in [7, 11) is 1.59. The average molecular weight is 632 g/mol. The molecule has 7 N–H and O–H groups in total. The smallest absolute Gasteiger partial charge is 0.407 e. The second-order valence-electron chi connectivity index (χ2n) is 13.4. The molecule has 0 radical (unpaired) electrons. The molecule has 14 heteroatoms. The molecule has 0 aromatic carbocycles. The first kappa shape index (κ1) is 36.4. The molecule has 44 heavy (non-hydrogen) atoms. The number of ether oxygens (including phenoxy) is 5. The van der Waals surface area contributed by atoms with E-state index in [1.807, 2.05) is 26.8 Å². The van der Waals surface area contributed by atoms with Crippen LogP contribution in [-0.2, 0) is 28.5 Å². The summed E-state index contributed by atoms with van der Waals surface area (Å²) in [5.74, 6) is -0.262. The molecule has 1 saturated heterocycles. The Hall–Kier alpha value is -2.04. The van der Waals surface area contributed by atoms with Crippen molar-refractivity contribution in [2.45, 2.75) is 134 Å². The van der Waals surface area contributed by atoms with E-state index in [9.17, 15) is 30.0 Å². The van der Waals surface area contributed by atoms with Gasteiger partial charge < -0.3 is 60.1 Å². The minimum absolute atomic E-state index is 0.0243. The maximum atomic E-state index is 13.0. The van der Waals surface area contributed by atoms with Gasteiger partial charge in [0.2, 0.25) is 6.29 Å². The van der Waals surface area contributed by atoms with E-state index in [1.54, 1.807) is 27.8 Å². The van der Waals surface area contributed by atoms with Gasteiger partial charge in [0.25, 0.3) is 5.91 Å². The summed E-state index contributed by atoms with van der Waals surface area (Å²) in [5, 5.41) is 51.9. The van der Waals surface area contributed by atoms with Crippen molar-refractivity contribution in [2.24, 2.45) is 11.8 Å². The number of alkyl carbamates (subject to hydrolysis) is 1. The van der Waals surface area contributed by atoms with Crippen LogP contribution in [0.1, 0.15) is 67.7 Å². The van der Waals surface area contributed by atoms with Crippen LogP contribution in [-0.4, -0.2) is 119 Å². The largest absolute Gasteiger partial charge is 0.469 e. The molecular weight excluding hydrogens is 578 g/mol. The maximum Gasteiger partial charge on any atom is 0.407 e. The van der Waals surface area contributed by atoms with Crippen LogP contribution in [0.4, 0.5) is 4.79 Å². The van der Waals surface area contributed by atoms with Gasteiger partial charge in [-0.2, -0.15) is 0 Å². The van der Waals surface area contributed by atoms with E-state index in [-0.39, 0.29) is 24.9 Å². The molecule has 0 aromatic heterocycles. The van der Waals surface area contributed by atoms with Gasteiger partial charge in [0.05, 0.1) is 37.1 Å². The van der Waals surface area contributed by atoms with Gasteiger partial charge in [-0.3, -0.25) is 4.79 Å². The average Bonchev–Trinajstić information content (AvgIpc) is 2.92. The topological polar surface area (TPSA) is 197 Å². The number of aliphatic hydroxyl groups excluding tert-OH is 3. The first-order chi connectivity index (χ1) is 20.5. The minimum Gasteiger partial charge on any atom is -0.469 e. The van der Waals surface area contributed by atoms with Gasteiger partial charge in [-0.15, -0.1) is 0 Å². The quantitative estimate of drug-likeness (QED) is 0.174. The summed E-state index contributed by atoms with van der Waals surface area (Å²) in [4.78, 5) is 25.1. The lowest BCUT2D eigenvalue weighted by Gasteiger charge is -2.49. The van der Waals surface area contributed by atoms with Crippen LogP contribution < -0.4 is 16.0 Å². The molecule has 0 aromatic rings. The van der Waals surface area contributed by atoms with Gasteiger partial charge in [0, 0.05) is 12.3 Å². The van der Waals surface area contributed by atoms with Crippen molar-refractivity contribution in [1.82, 2.24) is 16.0 Å². The predicted octanol–water partition coefficient (Wildman–Crippen LogP) is 0.261. The Morgan fingerprint density at radius 2 is 1.77 bits per heavy atom. The number of likely N-dealkylation sites (N-methyl/N-ethyl adjacent to an activating group) is 1. The summed E-state index contributed by atoms with van der Waals surface area (Å²) in [6, 6.07) is -1.65. The third-order valence-corrected chi connectivity index (χ3v) is 8.25. The van der Waals surface area contributed by atoms with E-state index in [1.165, 1.54) is 6.92 Å². The van der Waals surface area contributed by atoms with E-state index in [0.29, 0.717) is 6.42 Å². The van der Waals surface area contributed by atoms with E-state index in [4.69, 9.17) is 23.7 Å². The van der Waals surface area contributed by atoms with E-state index < -0.39 is 84.9 Å². The number of nitrogens with one attached hydrogen (secondary N) is 3. The highest BCUT2D eigenvalue weighted by molar-refractivity contribution is 5.81. The molecule has 3 rings (SSSR count). The molecule has 254 valence electrons. The maximum absolute atomic E-state index is 13.0. The van der Waals surface area contributed by atoms with Crippen molar-refractivity contribution in [3.63, 3.8) is 0 Å². The Kier molecular flexibility index (Phi) is 12.4. The number of allylic oxidation sites excluding steroid dienone is 2. The van der Waals surface area contributed by atoms with E-state index >= 15 is 0 Å². The number of rotatable bonds is 10. The number of aliphatic hydroxyl groups is 4.